The Bertz CT molecular complexity index is 438. The van der Waals surface area contributed by atoms with Crippen LogP contribution in [0.2, 0.25) is 5.02 Å². The SMILES string of the molecule is Nc1ccc2c(Cl)c(Br)sc2c1. The molecule has 0 fully saturated rings. The Kier molecular flexibility index (Phi) is 2.02. The third-order valence-electron chi connectivity index (χ3n) is 1.61. The summed E-state index contributed by atoms with van der Waals surface area (Å²) in [6, 6.07) is 5.72. The first-order valence-electron chi connectivity index (χ1n) is 3.31. The molecule has 0 spiro atoms. The minimum atomic E-state index is 0.771. The summed E-state index contributed by atoms with van der Waals surface area (Å²) in [5.41, 5.74) is 6.40. The second-order valence-electron chi connectivity index (χ2n) is 2.45. The molecule has 1 aromatic carbocycles. The van der Waals surface area contributed by atoms with Gasteiger partial charge >= 0.3 is 0 Å². The molecule has 2 aromatic rings. The number of fused-ring (bicyclic) bond motifs is 1. The monoisotopic (exact) mass is 261 g/mol. The van der Waals surface area contributed by atoms with Gasteiger partial charge in [-0.25, -0.2) is 0 Å². The molecule has 1 aromatic heterocycles. The van der Waals surface area contributed by atoms with Gasteiger partial charge in [-0.05, 0) is 34.1 Å². The molecule has 62 valence electrons. The highest BCUT2D eigenvalue weighted by Crippen LogP contribution is 2.39. The maximum atomic E-state index is 6.02. The summed E-state index contributed by atoms with van der Waals surface area (Å²) in [5, 5.41) is 1.83. The Morgan fingerprint density at radius 2 is 2.17 bits per heavy atom. The van der Waals surface area contributed by atoms with Crippen molar-refractivity contribution < 1.29 is 0 Å². The van der Waals surface area contributed by atoms with Crippen LogP contribution in [0.15, 0.2) is 22.0 Å². The van der Waals surface area contributed by atoms with E-state index in [1.54, 1.807) is 11.3 Å². The molecule has 4 heteroatoms. The quantitative estimate of drug-likeness (QED) is 0.716. The lowest BCUT2D eigenvalue weighted by molar-refractivity contribution is 1.79. The standard InChI is InChI=1S/C8H5BrClNS/c9-8-7(10)5-2-1-4(11)3-6(5)12-8/h1-3H,11H2. The van der Waals surface area contributed by atoms with E-state index in [-0.39, 0.29) is 0 Å². The van der Waals surface area contributed by atoms with E-state index in [0.29, 0.717) is 0 Å². The predicted octanol–water partition coefficient (Wildman–Crippen LogP) is 3.90. The summed E-state index contributed by atoms with van der Waals surface area (Å²) >= 11 is 11.0. The number of thiophene rings is 1. The van der Waals surface area contributed by atoms with Crippen LogP contribution in [0.3, 0.4) is 0 Å². The molecule has 0 saturated heterocycles. The van der Waals surface area contributed by atoms with Crippen molar-refractivity contribution in [2.24, 2.45) is 0 Å². The Morgan fingerprint density at radius 3 is 2.92 bits per heavy atom. The van der Waals surface area contributed by atoms with Gasteiger partial charge in [0.05, 0.1) is 8.81 Å². The summed E-state index contributed by atoms with van der Waals surface area (Å²) in [7, 11) is 0. The minimum absolute atomic E-state index is 0.771. The molecule has 1 nitrogen and oxygen atoms in total. The van der Waals surface area contributed by atoms with Gasteiger partial charge in [0, 0.05) is 15.8 Å². The lowest BCUT2D eigenvalue weighted by atomic mass is 10.2. The van der Waals surface area contributed by atoms with Crippen LogP contribution in [0.1, 0.15) is 0 Å². The van der Waals surface area contributed by atoms with Crippen molar-refractivity contribution >= 4 is 54.6 Å². The number of rotatable bonds is 0. The van der Waals surface area contributed by atoms with Gasteiger partial charge in [-0.2, -0.15) is 0 Å². The van der Waals surface area contributed by atoms with Crippen molar-refractivity contribution in [3.05, 3.63) is 27.0 Å². The van der Waals surface area contributed by atoms with Crippen LogP contribution >= 0.6 is 38.9 Å². The Hall–Kier alpha value is -0.250. The van der Waals surface area contributed by atoms with Crippen molar-refractivity contribution in [1.29, 1.82) is 0 Å². The summed E-state index contributed by atoms with van der Waals surface area (Å²) in [6.07, 6.45) is 0. The van der Waals surface area contributed by atoms with Gasteiger partial charge in [-0.1, -0.05) is 11.6 Å². The van der Waals surface area contributed by atoms with Gasteiger partial charge < -0.3 is 5.73 Å². The molecule has 2 N–H and O–H groups in total. The fourth-order valence-corrected chi connectivity index (χ4v) is 2.99. The van der Waals surface area contributed by atoms with Crippen LogP contribution in [0.25, 0.3) is 10.1 Å². The first kappa shape index (κ1) is 8.35. The molecular formula is C8H5BrClNS. The van der Waals surface area contributed by atoms with Crippen LogP contribution in [-0.4, -0.2) is 0 Å². The molecule has 0 aliphatic rings. The van der Waals surface area contributed by atoms with Crippen LogP contribution < -0.4 is 5.73 Å². The van der Waals surface area contributed by atoms with Crippen LogP contribution in [0, 0.1) is 0 Å². The maximum Gasteiger partial charge on any atom is 0.0897 e. The highest BCUT2D eigenvalue weighted by molar-refractivity contribution is 9.11. The van der Waals surface area contributed by atoms with E-state index >= 15 is 0 Å². The van der Waals surface area contributed by atoms with Crippen LogP contribution in [-0.2, 0) is 0 Å². The first-order chi connectivity index (χ1) is 5.68. The third-order valence-corrected chi connectivity index (χ3v) is 4.17. The lowest BCUT2D eigenvalue weighted by Crippen LogP contribution is -1.80. The minimum Gasteiger partial charge on any atom is -0.399 e. The van der Waals surface area contributed by atoms with E-state index in [1.807, 2.05) is 18.2 Å². The van der Waals surface area contributed by atoms with E-state index < -0.39 is 0 Å². The zero-order valence-corrected chi connectivity index (χ0v) is 9.13. The van der Waals surface area contributed by atoms with Gasteiger partial charge in [-0.3, -0.25) is 0 Å². The molecule has 1 heterocycles. The molecule has 0 aliphatic heterocycles. The van der Waals surface area contributed by atoms with Gasteiger partial charge in [0.1, 0.15) is 0 Å². The molecule has 0 radical (unpaired) electrons. The molecule has 0 saturated carbocycles. The second kappa shape index (κ2) is 2.91. The number of anilines is 1. The van der Waals surface area contributed by atoms with Crippen molar-refractivity contribution in [1.82, 2.24) is 0 Å². The van der Waals surface area contributed by atoms with Gasteiger partial charge in [-0.15, -0.1) is 11.3 Å². The second-order valence-corrected chi connectivity index (χ2v) is 5.19. The highest BCUT2D eigenvalue weighted by atomic mass is 79.9. The summed E-state index contributed by atoms with van der Waals surface area (Å²) in [5.74, 6) is 0. The van der Waals surface area contributed by atoms with Crippen LogP contribution in [0.5, 0.6) is 0 Å². The van der Waals surface area contributed by atoms with Crippen molar-refractivity contribution in [3.63, 3.8) is 0 Å². The molecule has 0 bridgehead atoms. The zero-order chi connectivity index (χ0) is 8.72. The zero-order valence-electron chi connectivity index (χ0n) is 5.97. The number of halogens is 2. The van der Waals surface area contributed by atoms with E-state index in [1.165, 1.54) is 0 Å². The number of hydrogen-bond donors (Lipinski definition) is 1. The molecule has 0 atom stereocenters. The molecular weight excluding hydrogens is 258 g/mol. The summed E-state index contributed by atoms with van der Waals surface area (Å²) in [4.78, 5) is 0. The molecule has 2 rings (SSSR count). The average Bonchev–Trinajstić information content (AvgIpc) is 2.28. The fraction of sp³-hybridized carbons (Fsp3) is 0. The number of hydrogen-bond acceptors (Lipinski definition) is 2. The Balaban J connectivity index is 2.87. The molecule has 0 aliphatic carbocycles. The van der Waals surface area contributed by atoms with Crippen molar-refractivity contribution in [2.75, 3.05) is 5.73 Å². The topological polar surface area (TPSA) is 26.0 Å². The van der Waals surface area contributed by atoms with Gasteiger partial charge in [0.25, 0.3) is 0 Å². The van der Waals surface area contributed by atoms with E-state index in [2.05, 4.69) is 15.9 Å². The number of benzene rings is 1. The first-order valence-corrected chi connectivity index (χ1v) is 5.30. The van der Waals surface area contributed by atoms with E-state index in [0.717, 1.165) is 24.6 Å². The average molecular weight is 263 g/mol. The maximum absolute atomic E-state index is 6.02. The smallest absolute Gasteiger partial charge is 0.0897 e. The molecule has 0 unspecified atom stereocenters. The Morgan fingerprint density at radius 1 is 1.42 bits per heavy atom. The van der Waals surface area contributed by atoms with Gasteiger partial charge in [0.15, 0.2) is 0 Å². The normalized spacial score (nSPS) is 10.8. The van der Waals surface area contributed by atoms with Gasteiger partial charge in [0.2, 0.25) is 0 Å². The lowest BCUT2D eigenvalue weighted by Gasteiger charge is -1.91. The Labute approximate surface area is 87.3 Å². The highest BCUT2D eigenvalue weighted by Gasteiger charge is 2.06. The third kappa shape index (κ3) is 1.22. The van der Waals surface area contributed by atoms with Crippen LogP contribution in [0.4, 0.5) is 5.69 Å². The predicted molar refractivity (Wildman–Crippen MR) is 58.9 cm³/mol. The fourth-order valence-electron chi connectivity index (χ4n) is 1.05. The van der Waals surface area contributed by atoms with Crippen molar-refractivity contribution in [2.45, 2.75) is 0 Å². The van der Waals surface area contributed by atoms with Crippen molar-refractivity contribution in [3.8, 4) is 0 Å². The van der Waals surface area contributed by atoms with E-state index in [9.17, 15) is 0 Å². The van der Waals surface area contributed by atoms with E-state index in [4.69, 9.17) is 17.3 Å². The number of nitrogens with two attached hydrogens (primary N) is 1. The summed E-state index contributed by atoms with van der Waals surface area (Å²) in [6.45, 7) is 0. The largest absolute Gasteiger partial charge is 0.399 e. The number of nitrogen functional groups attached to an aromatic ring is 1. The molecule has 12 heavy (non-hydrogen) atoms. The summed E-state index contributed by atoms with van der Waals surface area (Å²) < 4.78 is 2.08. The molecule has 0 amide bonds.